The van der Waals surface area contributed by atoms with Crippen LogP contribution in [0.5, 0.6) is 0 Å². The van der Waals surface area contributed by atoms with Gasteiger partial charge in [0.05, 0.1) is 5.69 Å². The second-order valence-electron chi connectivity index (χ2n) is 2.59. The van der Waals surface area contributed by atoms with Crippen molar-refractivity contribution in [3.63, 3.8) is 0 Å². The first-order chi connectivity index (χ1) is 5.77. The van der Waals surface area contributed by atoms with E-state index in [2.05, 4.69) is 16.4 Å². The lowest BCUT2D eigenvalue weighted by Gasteiger charge is -1.88. The average Bonchev–Trinajstić information content (AvgIpc) is 2.34. The minimum atomic E-state index is 0.864. The molecular weight excluding hydrogens is 168 g/mol. The number of hydrogen-bond acceptors (Lipinski definition) is 3. The van der Waals surface area contributed by atoms with E-state index < -0.39 is 0 Å². The van der Waals surface area contributed by atoms with E-state index in [0.717, 1.165) is 17.2 Å². The third-order valence-electron chi connectivity index (χ3n) is 1.52. The summed E-state index contributed by atoms with van der Waals surface area (Å²) in [6.07, 6.45) is 4.15. The van der Waals surface area contributed by atoms with Crippen molar-refractivity contribution in [2.45, 2.75) is 20.4 Å². The molecule has 1 aromatic heterocycles. The Balaban J connectivity index is 2.84. The largest absolute Gasteiger partial charge is 0.314 e. The number of hydrogen-bond donors (Lipinski definition) is 1. The van der Waals surface area contributed by atoms with Crippen LogP contribution in [0, 0.1) is 6.92 Å². The number of allylic oxidation sites excluding steroid dienone is 1. The molecule has 0 unspecified atom stereocenters. The minimum absolute atomic E-state index is 0.864. The van der Waals surface area contributed by atoms with Gasteiger partial charge in [0.1, 0.15) is 5.01 Å². The van der Waals surface area contributed by atoms with E-state index in [1.807, 2.05) is 27.0 Å². The third-order valence-corrected chi connectivity index (χ3v) is 2.65. The molecule has 2 nitrogen and oxygen atoms in total. The van der Waals surface area contributed by atoms with Crippen molar-refractivity contribution in [1.82, 2.24) is 10.3 Å². The molecule has 0 aromatic carbocycles. The molecule has 0 fully saturated rings. The number of rotatable bonds is 3. The highest BCUT2D eigenvalue weighted by Crippen LogP contribution is 2.19. The van der Waals surface area contributed by atoms with E-state index in [1.54, 1.807) is 11.3 Å². The molecule has 0 aliphatic rings. The zero-order valence-corrected chi connectivity index (χ0v) is 8.53. The van der Waals surface area contributed by atoms with Crippen molar-refractivity contribution in [2.75, 3.05) is 7.05 Å². The van der Waals surface area contributed by atoms with Crippen LogP contribution in [0.1, 0.15) is 22.5 Å². The standard InChI is InChI=1S/C9H14N2S/c1-4-5-8-7(2)11-9(12-8)6-10-3/h4-5,10H,6H2,1-3H3/b5-4-. The zero-order chi connectivity index (χ0) is 8.97. The Morgan fingerprint density at radius 1 is 1.58 bits per heavy atom. The molecule has 3 heteroatoms. The molecule has 0 aliphatic heterocycles. The zero-order valence-electron chi connectivity index (χ0n) is 7.72. The molecule has 1 aromatic rings. The van der Waals surface area contributed by atoms with Gasteiger partial charge in [-0.2, -0.15) is 0 Å². The summed E-state index contributed by atoms with van der Waals surface area (Å²) < 4.78 is 0. The van der Waals surface area contributed by atoms with E-state index in [1.165, 1.54) is 4.88 Å². The Hall–Kier alpha value is -0.670. The van der Waals surface area contributed by atoms with Crippen LogP contribution in [-0.4, -0.2) is 12.0 Å². The fraction of sp³-hybridized carbons (Fsp3) is 0.444. The van der Waals surface area contributed by atoms with Crippen LogP contribution in [0.3, 0.4) is 0 Å². The van der Waals surface area contributed by atoms with Crippen molar-refractivity contribution in [3.8, 4) is 0 Å². The highest BCUT2D eigenvalue weighted by molar-refractivity contribution is 7.12. The second kappa shape index (κ2) is 4.38. The van der Waals surface area contributed by atoms with E-state index >= 15 is 0 Å². The van der Waals surface area contributed by atoms with Gasteiger partial charge < -0.3 is 5.32 Å². The number of aryl methyl sites for hydroxylation is 1. The maximum atomic E-state index is 4.42. The van der Waals surface area contributed by atoms with Gasteiger partial charge in [-0.3, -0.25) is 0 Å². The van der Waals surface area contributed by atoms with Gasteiger partial charge >= 0.3 is 0 Å². The normalized spacial score (nSPS) is 11.2. The summed E-state index contributed by atoms with van der Waals surface area (Å²) in [5.74, 6) is 0. The Morgan fingerprint density at radius 3 is 2.92 bits per heavy atom. The fourth-order valence-electron chi connectivity index (χ4n) is 0.999. The number of thiazole rings is 1. The van der Waals surface area contributed by atoms with Crippen LogP contribution >= 0.6 is 11.3 Å². The Labute approximate surface area is 77.3 Å². The first-order valence-electron chi connectivity index (χ1n) is 4.01. The first-order valence-corrected chi connectivity index (χ1v) is 4.83. The molecule has 0 aliphatic carbocycles. The molecule has 1 heterocycles. The summed E-state index contributed by atoms with van der Waals surface area (Å²) in [6.45, 7) is 4.94. The van der Waals surface area contributed by atoms with Crippen molar-refractivity contribution in [2.24, 2.45) is 0 Å². The second-order valence-corrected chi connectivity index (χ2v) is 3.70. The van der Waals surface area contributed by atoms with E-state index in [4.69, 9.17) is 0 Å². The minimum Gasteiger partial charge on any atom is -0.314 e. The van der Waals surface area contributed by atoms with Crippen LogP contribution in [0.15, 0.2) is 6.08 Å². The molecule has 1 N–H and O–H groups in total. The highest BCUT2D eigenvalue weighted by atomic mass is 32.1. The van der Waals surface area contributed by atoms with Gasteiger partial charge in [-0.05, 0) is 27.0 Å². The molecule has 0 atom stereocenters. The van der Waals surface area contributed by atoms with E-state index in [9.17, 15) is 0 Å². The van der Waals surface area contributed by atoms with Crippen molar-refractivity contribution >= 4 is 17.4 Å². The number of nitrogens with zero attached hydrogens (tertiary/aromatic N) is 1. The van der Waals surface area contributed by atoms with Crippen LogP contribution in [0.25, 0.3) is 6.08 Å². The van der Waals surface area contributed by atoms with Crippen LogP contribution < -0.4 is 5.32 Å². The number of aromatic nitrogens is 1. The van der Waals surface area contributed by atoms with Gasteiger partial charge in [0, 0.05) is 11.4 Å². The monoisotopic (exact) mass is 182 g/mol. The summed E-state index contributed by atoms with van der Waals surface area (Å²) in [4.78, 5) is 5.69. The molecule has 0 radical (unpaired) electrons. The van der Waals surface area contributed by atoms with Gasteiger partial charge in [0.25, 0.3) is 0 Å². The molecule has 0 amide bonds. The predicted molar refractivity (Wildman–Crippen MR) is 54.3 cm³/mol. The maximum Gasteiger partial charge on any atom is 0.107 e. The summed E-state index contributed by atoms with van der Waals surface area (Å²) in [7, 11) is 1.94. The predicted octanol–water partition coefficient (Wildman–Crippen LogP) is 2.20. The smallest absolute Gasteiger partial charge is 0.107 e. The van der Waals surface area contributed by atoms with Crippen molar-refractivity contribution in [3.05, 3.63) is 21.7 Å². The molecule has 1 rings (SSSR count). The third kappa shape index (κ3) is 2.16. The van der Waals surface area contributed by atoms with E-state index in [0.29, 0.717) is 0 Å². The average molecular weight is 182 g/mol. The lowest BCUT2D eigenvalue weighted by atomic mass is 10.4. The molecule has 12 heavy (non-hydrogen) atoms. The Bertz CT molecular complexity index is 276. The lowest BCUT2D eigenvalue weighted by molar-refractivity contribution is 0.807. The van der Waals surface area contributed by atoms with Gasteiger partial charge in [-0.15, -0.1) is 11.3 Å². The van der Waals surface area contributed by atoms with Gasteiger partial charge in [-0.25, -0.2) is 4.98 Å². The summed E-state index contributed by atoms with van der Waals surface area (Å²) in [5.41, 5.74) is 1.13. The first kappa shape index (κ1) is 9.42. The van der Waals surface area contributed by atoms with Crippen LogP contribution in [0.2, 0.25) is 0 Å². The summed E-state index contributed by atoms with van der Waals surface area (Å²) >= 11 is 1.75. The molecule has 0 spiro atoms. The number of nitrogens with one attached hydrogen (secondary N) is 1. The van der Waals surface area contributed by atoms with Crippen molar-refractivity contribution in [1.29, 1.82) is 0 Å². The topological polar surface area (TPSA) is 24.9 Å². The Kier molecular flexibility index (Phi) is 3.44. The van der Waals surface area contributed by atoms with E-state index in [-0.39, 0.29) is 0 Å². The highest BCUT2D eigenvalue weighted by Gasteiger charge is 2.02. The van der Waals surface area contributed by atoms with Gasteiger partial charge in [-0.1, -0.05) is 6.08 Å². The molecule has 0 saturated heterocycles. The maximum absolute atomic E-state index is 4.42. The molecular formula is C9H14N2S. The summed E-state index contributed by atoms with van der Waals surface area (Å²) in [5, 5.41) is 4.25. The summed E-state index contributed by atoms with van der Waals surface area (Å²) in [6, 6.07) is 0. The van der Waals surface area contributed by atoms with Gasteiger partial charge in [0.15, 0.2) is 0 Å². The lowest BCUT2D eigenvalue weighted by Crippen LogP contribution is -2.04. The molecule has 66 valence electrons. The quantitative estimate of drug-likeness (QED) is 0.775. The van der Waals surface area contributed by atoms with Crippen molar-refractivity contribution < 1.29 is 0 Å². The Morgan fingerprint density at radius 2 is 2.33 bits per heavy atom. The van der Waals surface area contributed by atoms with Crippen LogP contribution in [0.4, 0.5) is 0 Å². The van der Waals surface area contributed by atoms with Crippen LogP contribution in [-0.2, 0) is 6.54 Å². The molecule has 0 bridgehead atoms. The fourth-order valence-corrected chi connectivity index (χ4v) is 2.05. The molecule has 0 saturated carbocycles. The van der Waals surface area contributed by atoms with Gasteiger partial charge in [0.2, 0.25) is 0 Å². The SMILES string of the molecule is C/C=C\c1sc(CNC)nc1C.